The van der Waals surface area contributed by atoms with E-state index in [1.807, 2.05) is 6.92 Å². The van der Waals surface area contributed by atoms with Gasteiger partial charge in [-0.3, -0.25) is 14.9 Å². The number of anilines is 1. The minimum Gasteiger partial charge on any atom is -0.378 e. The molecule has 1 rings (SSSR count). The van der Waals surface area contributed by atoms with E-state index in [-0.39, 0.29) is 11.3 Å². The fraction of sp³-hybridized carbons (Fsp3) is 0.364. The van der Waals surface area contributed by atoms with Crippen molar-refractivity contribution in [3.63, 3.8) is 0 Å². The summed E-state index contributed by atoms with van der Waals surface area (Å²) in [6, 6.07) is 4.01. The zero-order chi connectivity index (χ0) is 13.5. The van der Waals surface area contributed by atoms with Crippen LogP contribution in [0, 0.1) is 10.1 Å². The van der Waals surface area contributed by atoms with E-state index in [2.05, 4.69) is 10.6 Å². The fourth-order valence-corrected chi connectivity index (χ4v) is 1.45. The van der Waals surface area contributed by atoms with Crippen molar-refractivity contribution in [1.29, 1.82) is 0 Å². The van der Waals surface area contributed by atoms with Crippen LogP contribution in [0.1, 0.15) is 17.3 Å². The number of nitrogens with zero attached hydrogens (tertiary/aromatic N) is 1. The molecule has 7 heteroatoms. The van der Waals surface area contributed by atoms with Crippen LogP contribution in [0.2, 0.25) is 0 Å². The third-order valence-electron chi connectivity index (χ3n) is 2.34. The Balaban J connectivity index is 2.86. The molecule has 0 aliphatic rings. The van der Waals surface area contributed by atoms with Gasteiger partial charge < -0.3 is 16.4 Å². The number of hydrogen-bond acceptors (Lipinski definition) is 5. The van der Waals surface area contributed by atoms with Gasteiger partial charge in [0.2, 0.25) is 5.91 Å². The van der Waals surface area contributed by atoms with Crippen LogP contribution < -0.4 is 16.4 Å². The number of primary amides is 1. The average Bonchev–Trinajstić information content (AvgIpc) is 2.34. The number of likely N-dealkylation sites (N-methyl/N-ethyl adjacent to an activating group) is 1. The zero-order valence-corrected chi connectivity index (χ0v) is 10.1. The summed E-state index contributed by atoms with van der Waals surface area (Å²) in [5.41, 5.74) is 5.61. The molecule has 0 aliphatic carbocycles. The minimum absolute atomic E-state index is 0.0727. The molecule has 0 saturated heterocycles. The molecule has 0 fully saturated rings. The Kier molecular flexibility index (Phi) is 5.06. The largest absolute Gasteiger partial charge is 0.378 e. The number of carbonyl (C=O) groups excluding carboxylic acids is 1. The quantitative estimate of drug-likeness (QED) is 0.376. The Bertz CT molecular complexity index is 448. The van der Waals surface area contributed by atoms with Gasteiger partial charge in [0.05, 0.1) is 4.92 Å². The molecule has 0 heterocycles. The van der Waals surface area contributed by atoms with E-state index in [1.165, 1.54) is 18.2 Å². The van der Waals surface area contributed by atoms with Crippen LogP contribution in [-0.4, -0.2) is 30.5 Å². The first kappa shape index (κ1) is 13.9. The second kappa shape index (κ2) is 6.55. The number of amides is 1. The zero-order valence-electron chi connectivity index (χ0n) is 10.1. The number of nitro groups is 1. The lowest BCUT2D eigenvalue weighted by Gasteiger charge is -2.08. The monoisotopic (exact) mass is 252 g/mol. The van der Waals surface area contributed by atoms with Crippen LogP contribution in [0.15, 0.2) is 18.2 Å². The number of nitrogens with two attached hydrogens (primary N) is 1. The summed E-state index contributed by atoms with van der Waals surface area (Å²) in [6.45, 7) is 3.99. The molecule has 0 bridgehead atoms. The third-order valence-corrected chi connectivity index (χ3v) is 2.34. The Morgan fingerprint density at radius 2 is 2.17 bits per heavy atom. The van der Waals surface area contributed by atoms with Crippen molar-refractivity contribution in [1.82, 2.24) is 5.32 Å². The first-order valence-corrected chi connectivity index (χ1v) is 5.59. The van der Waals surface area contributed by atoms with Crippen LogP contribution in [0.4, 0.5) is 11.4 Å². The predicted octanol–water partition coefficient (Wildman–Crippen LogP) is 0.715. The Morgan fingerprint density at radius 3 is 2.72 bits per heavy atom. The molecule has 4 N–H and O–H groups in total. The molecule has 1 amide bonds. The summed E-state index contributed by atoms with van der Waals surface area (Å²) in [7, 11) is 0. The molecule has 0 radical (unpaired) electrons. The van der Waals surface area contributed by atoms with Gasteiger partial charge in [-0.05, 0) is 18.7 Å². The SMILES string of the molecule is CCNCCNc1cc(C(N)=O)ccc1[N+](=O)[O-]. The highest BCUT2D eigenvalue weighted by atomic mass is 16.6. The Labute approximate surface area is 105 Å². The number of carbonyl (C=O) groups is 1. The minimum atomic E-state index is -0.611. The van der Waals surface area contributed by atoms with Gasteiger partial charge in [0, 0.05) is 24.7 Å². The van der Waals surface area contributed by atoms with Crippen LogP contribution in [0.3, 0.4) is 0 Å². The second-order valence-electron chi connectivity index (χ2n) is 3.63. The van der Waals surface area contributed by atoms with Crippen LogP contribution in [-0.2, 0) is 0 Å². The normalized spacial score (nSPS) is 10.1. The summed E-state index contributed by atoms with van der Waals surface area (Å²) in [6.07, 6.45) is 0. The Morgan fingerprint density at radius 1 is 1.44 bits per heavy atom. The van der Waals surface area contributed by atoms with Crippen LogP contribution in [0.25, 0.3) is 0 Å². The van der Waals surface area contributed by atoms with Gasteiger partial charge >= 0.3 is 0 Å². The van der Waals surface area contributed by atoms with Gasteiger partial charge in [-0.15, -0.1) is 0 Å². The van der Waals surface area contributed by atoms with E-state index in [0.29, 0.717) is 18.8 Å². The van der Waals surface area contributed by atoms with E-state index in [4.69, 9.17) is 5.73 Å². The summed E-state index contributed by atoms with van der Waals surface area (Å²) in [5, 5.41) is 16.8. The summed E-state index contributed by atoms with van der Waals surface area (Å²) >= 11 is 0. The van der Waals surface area contributed by atoms with Gasteiger partial charge in [0.15, 0.2) is 0 Å². The summed E-state index contributed by atoms with van der Waals surface area (Å²) < 4.78 is 0. The summed E-state index contributed by atoms with van der Waals surface area (Å²) in [4.78, 5) is 21.3. The topological polar surface area (TPSA) is 110 Å². The molecular formula is C11H16N4O3. The fourth-order valence-electron chi connectivity index (χ4n) is 1.45. The van der Waals surface area contributed by atoms with Crippen molar-refractivity contribution in [3.05, 3.63) is 33.9 Å². The maximum Gasteiger partial charge on any atom is 0.292 e. The predicted molar refractivity (Wildman–Crippen MR) is 68.6 cm³/mol. The molecular weight excluding hydrogens is 236 g/mol. The van der Waals surface area contributed by atoms with E-state index in [0.717, 1.165) is 6.54 Å². The highest BCUT2D eigenvalue weighted by Crippen LogP contribution is 2.25. The van der Waals surface area contributed by atoms with E-state index < -0.39 is 10.8 Å². The van der Waals surface area contributed by atoms with Crippen molar-refractivity contribution in [3.8, 4) is 0 Å². The first-order valence-electron chi connectivity index (χ1n) is 5.59. The molecule has 0 unspecified atom stereocenters. The van der Waals surface area contributed by atoms with Gasteiger partial charge in [-0.2, -0.15) is 0 Å². The molecule has 1 aromatic carbocycles. The molecule has 98 valence electrons. The third kappa shape index (κ3) is 3.70. The number of rotatable bonds is 7. The lowest BCUT2D eigenvalue weighted by atomic mass is 10.1. The van der Waals surface area contributed by atoms with Gasteiger partial charge in [-0.1, -0.05) is 6.92 Å². The number of nitrogens with one attached hydrogen (secondary N) is 2. The second-order valence-corrected chi connectivity index (χ2v) is 3.63. The lowest BCUT2D eigenvalue weighted by molar-refractivity contribution is -0.384. The van der Waals surface area contributed by atoms with E-state index >= 15 is 0 Å². The van der Waals surface area contributed by atoms with Crippen molar-refractivity contribution in [2.45, 2.75) is 6.92 Å². The Hall–Kier alpha value is -2.15. The molecule has 0 atom stereocenters. The molecule has 1 aromatic rings. The number of nitro benzene ring substituents is 1. The summed E-state index contributed by atoms with van der Waals surface area (Å²) in [5.74, 6) is -0.611. The maximum atomic E-state index is 11.0. The highest BCUT2D eigenvalue weighted by Gasteiger charge is 2.15. The van der Waals surface area contributed by atoms with E-state index in [9.17, 15) is 14.9 Å². The van der Waals surface area contributed by atoms with Crippen LogP contribution >= 0.6 is 0 Å². The lowest BCUT2D eigenvalue weighted by Crippen LogP contribution is -2.22. The van der Waals surface area contributed by atoms with Crippen LogP contribution in [0.5, 0.6) is 0 Å². The van der Waals surface area contributed by atoms with Crippen molar-refractivity contribution >= 4 is 17.3 Å². The standard InChI is InChI=1S/C11H16N4O3/c1-2-13-5-6-14-9-7-8(11(12)16)3-4-10(9)15(17)18/h3-4,7,13-14H,2,5-6H2,1H3,(H2,12,16). The van der Waals surface area contributed by atoms with Gasteiger partial charge in [-0.25, -0.2) is 0 Å². The number of hydrogen-bond donors (Lipinski definition) is 3. The highest BCUT2D eigenvalue weighted by molar-refractivity contribution is 5.94. The molecule has 7 nitrogen and oxygen atoms in total. The average molecular weight is 252 g/mol. The molecule has 0 aromatic heterocycles. The van der Waals surface area contributed by atoms with Gasteiger partial charge in [0.1, 0.15) is 5.69 Å². The molecule has 0 saturated carbocycles. The van der Waals surface area contributed by atoms with E-state index in [1.54, 1.807) is 0 Å². The van der Waals surface area contributed by atoms with Crippen molar-refractivity contribution in [2.24, 2.45) is 5.73 Å². The van der Waals surface area contributed by atoms with Crippen molar-refractivity contribution in [2.75, 3.05) is 25.0 Å². The molecule has 0 spiro atoms. The molecule has 0 aliphatic heterocycles. The van der Waals surface area contributed by atoms with Gasteiger partial charge in [0.25, 0.3) is 5.69 Å². The maximum absolute atomic E-state index is 11.0. The number of benzene rings is 1. The first-order chi connectivity index (χ1) is 8.56. The molecule has 18 heavy (non-hydrogen) atoms. The smallest absolute Gasteiger partial charge is 0.292 e. The van der Waals surface area contributed by atoms with Crippen molar-refractivity contribution < 1.29 is 9.72 Å².